The topological polar surface area (TPSA) is 83.4 Å². The van der Waals surface area contributed by atoms with Gasteiger partial charge in [-0.2, -0.15) is 8.75 Å². The molecule has 1 atom stereocenters. The largest absolute Gasteiger partial charge is 0.480 e. The summed E-state index contributed by atoms with van der Waals surface area (Å²) in [6.07, 6.45) is 1.36. The van der Waals surface area contributed by atoms with Gasteiger partial charge in [-0.1, -0.05) is 0 Å². The van der Waals surface area contributed by atoms with Gasteiger partial charge in [-0.05, 0) is 0 Å². The molecule has 2 heterocycles. The summed E-state index contributed by atoms with van der Waals surface area (Å²) in [5.74, 6) is -0.510. The summed E-state index contributed by atoms with van der Waals surface area (Å²) < 4.78 is 7.51. The molecule has 6 nitrogen and oxygen atoms in total. The Morgan fingerprint density at radius 1 is 1.60 bits per heavy atom. The van der Waals surface area contributed by atoms with Crippen molar-refractivity contribution in [1.82, 2.24) is 13.6 Å². The molecular formula is C7H7N3O3S2. The van der Waals surface area contributed by atoms with Crippen molar-refractivity contribution in [2.45, 2.75) is 6.04 Å². The van der Waals surface area contributed by atoms with E-state index >= 15 is 0 Å². The molecule has 80 valence electrons. The van der Waals surface area contributed by atoms with Gasteiger partial charge in [0.1, 0.15) is 6.04 Å². The van der Waals surface area contributed by atoms with Crippen molar-refractivity contribution in [3.05, 3.63) is 11.9 Å². The molecular weight excluding hydrogens is 238 g/mol. The first-order valence-electron chi connectivity index (χ1n) is 4.09. The van der Waals surface area contributed by atoms with E-state index in [1.165, 1.54) is 22.9 Å². The SMILES string of the molecule is O=C(O)C1CSCN1C(=O)c1cnsn1. The Hall–Kier alpha value is -1.15. The number of nitrogens with zero attached hydrogens (tertiary/aromatic N) is 3. The van der Waals surface area contributed by atoms with Crippen molar-refractivity contribution in [2.24, 2.45) is 0 Å². The van der Waals surface area contributed by atoms with Crippen LogP contribution in [-0.4, -0.2) is 48.3 Å². The first-order chi connectivity index (χ1) is 7.20. The van der Waals surface area contributed by atoms with Crippen LogP contribution in [0.5, 0.6) is 0 Å². The highest BCUT2D eigenvalue weighted by Gasteiger charge is 2.35. The molecule has 2 rings (SSSR count). The average Bonchev–Trinajstić information content (AvgIpc) is 2.88. The van der Waals surface area contributed by atoms with Crippen molar-refractivity contribution in [3.8, 4) is 0 Å². The third-order valence-electron chi connectivity index (χ3n) is 2.01. The van der Waals surface area contributed by atoms with Crippen molar-refractivity contribution >= 4 is 35.4 Å². The molecule has 0 saturated carbocycles. The molecule has 0 aliphatic carbocycles. The second-order valence-corrected chi connectivity index (χ2v) is 4.48. The first kappa shape index (κ1) is 10.4. The zero-order chi connectivity index (χ0) is 10.8. The third-order valence-corrected chi connectivity index (χ3v) is 3.50. The molecule has 1 amide bonds. The van der Waals surface area contributed by atoms with E-state index in [0.717, 1.165) is 11.7 Å². The second-order valence-electron chi connectivity index (χ2n) is 2.92. The van der Waals surface area contributed by atoms with Crippen LogP contribution in [0.2, 0.25) is 0 Å². The summed E-state index contributed by atoms with van der Waals surface area (Å²) in [5.41, 5.74) is 0.216. The Bertz CT molecular complexity index is 381. The highest BCUT2D eigenvalue weighted by Crippen LogP contribution is 2.22. The van der Waals surface area contributed by atoms with Crippen molar-refractivity contribution in [1.29, 1.82) is 0 Å². The number of carboxylic acid groups (broad SMARTS) is 1. The molecule has 1 saturated heterocycles. The number of aromatic nitrogens is 2. The third kappa shape index (κ3) is 1.95. The van der Waals surface area contributed by atoms with Crippen LogP contribution in [0, 0.1) is 0 Å². The molecule has 1 N–H and O–H groups in total. The molecule has 0 bridgehead atoms. The van der Waals surface area contributed by atoms with E-state index in [4.69, 9.17) is 5.11 Å². The number of rotatable bonds is 2. The van der Waals surface area contributed by atoms with Crippen LogP contribution in [0.15, 0.2) is 6.20 Å². The summed E-state index contributed by atoms with van der Waals surface area (Å²) in [6.45, 7) is 0. The number of amides is 1. The van der Waals surface area contributed by atoms with Crippen molar-refractivity contribution in [3.63, 3.8) is 0 Å². The lowest BCUT2D eigenvalue weighted by Crippen LogP contribution is -2.41. The smallest absolute Gasteiger partial charge is 0.327 e. The summed E-state index contributed by atoms with van der Waals surface area (Å²) in [4.78, 5) is 23.9. The van der Waals surface area contributed by atoms with Gasteiger partial charge in [-0.3, -0.25) is 4.79 Å². The van der Waals surface area contributed by atoms with Gasteiger partial charge < -0.3 is 10.0 Å². The fourth-order valence-electron chi connectivity index (χ4n) is 1.25. The maximum atomic E-state index is 11.8. The number of aliphatic carboxylic acids is 1. The molecule has 1 unspecified atom stereocenters. The lowest BCUT2D eigenvalue weighted by Gasteiger charge is -2.18. The summed E-state index contributed by atoms with van der Waals surface area (Å²) in [6, 6.07) is -0.746. The molecule has 0 spiro atoms. The molecule has 1 aliphatic heterocycles. The van der Waals surface area contributed by atoms with Gasteiger partial charge in [0.05, 0.1) is 23.8 Å². The number of hydrogen-bond acceptors (Lipinski definition) is 6. The van der Waals surface area contributed by atoms with Gasteiger partial charge >= 0.3 is 5.97 Å². The van der Waals surface area contributed by atoms with E-state index in [1.54, 1.807) is 0 Å². The van der Waals surface area contributed by atoms with E-state index in [0.29, 0.717) is 11.6 Å². The Kier molecular flexibility index (Phi) is 2.87. The maximum absolute atomic E-state index is 11.8. The van der Waals surface area contributed by atoms with Crippen LogP contribution < -0.4 is 0 Å². The molecule has 1 aromatic heterocycles. The predicted molar refractivity (Wildman–Crippen MR) is 54.8 cm³/mol. The monoisotopic (exact) mass is 245 g/mol. The van der Waals surface area contributed by atoms with Gasteiger partial charge in [0.25, 0.3) is 5.91 Å². The zero-order valence-corrected chi connectivity index (χ0v) is 9.12. The zero-order valence-electron chi connectivity index (χ0n) is 7.49. The minimum Gasteiger partial charge on any atom is -0.480 e. The van der Waals surface area contributed by atoms with E-state index in [9.17, 15) is 9.59 Å². The minimum absolute atomic E-state index is 0.216. The van der Waals surface area contributed by atoms with Gasteiger partial charge in [-0.15, -0.1) is 11.8 Å². The summed E-state index contributed by atoms with van der Waals surface area (Å²) >= 11 is 2.36. The van der Waals surface area contributed by atoms with Gasteiger partial charge in [0.2, 0.25) is 0 Å². The molecule has 0 aromatic carbocycles. The van der Waals surface area contributed by atoms with Gasteiger partial charge in [0.15, 0.2) is 5.69 Å². The van der Waals surface area contributed by atoms with Crippen LogP contribution in [-0.2, 0) is 4.79 Å². The number of carboxylic acids is 1. The maximum Gasteiger partial charge on any atom is 0.327 e. The van der Waals surface area contributed by atoms with E-state index in [2.05, 4.69) is 8.75 Å². The van der Waals surface area contributed by atoms with E-state index in [1.807, 2.05) is 0 Å². The first-order valence-corrected chi connectivity index (χ1v) is 5.97. The second kappa shape index (κ2) is 4.15. The molecule has 1 fully saturated rings. The molecule has 1 aromatic rings. The fourth-order valence-corrected chi connectivity index (χ4v) is 2.81. The van der Waals surface area contributed by atoms with Crippen LogP contribution in [0.25, 0.3) is 0 Å². The quantitative estimate of drug-likeness (QED) is 0.797. The summed E-state index contributed by atoms with van der Waals surface area (Å²) in [7, 11) is 0. The molecule has 1 aliphatic rings. The van der Waals surface area contributed by atoms with Crippen LogP contribution >= 0.6 is 23.5 Å². The van der Waals surface area contributed by atoms with Crippen LogP contribution in [0.3, 0.4) is 0 Å². The Labute approximate surface area is 93.6 Å². The number of carbonyl (C=O) groups excluding carboxylic acids is 1. The standard InChI is InChI=1S/C7H7N3O3S2/c11-6(4-1-8-15-9-4)10-3-14-2-5(10)7(12)13/h1,5H,2-3H2,(H,12,13). The van der Waals surface area contributed by atoms with Crippen molar-refractivity contribution in [2.75, 3.05) is 11.6 Å². The van der Waals surface area contributed by atoms with Crippen LogP contribution in [0.4, 0.5) is 0 Å². The number of hydrogen-bond donors (Lipinski definition) is 1. The minimum atomic E-state index is -0.975. The number of thioether (sulfide) groups is 1. The van der Waals surface area contributed by atoms with Crippen LogP contribution in [0.1, 0.15) is 10.5 Å². The van der Waals surface area contributed by atoms with E-state index < -0.39 is 12.0 Å². The highest BCUT2D eigenvalue weighted by molar-refractivity contribution is 7.99. The van der Waals surface area contributed by atoms with Gasteiger partial charge in [-0.25, -0.2) is 4.79 Å². The Balaban J connectivity index is 2.17. The molecule has 8 heteroatoms. The van der Waals surface area contributed by atoms with Gasteiger partial charge in [0, 0.05) is 5.75 Å². The van der Waals surface area contributed by atoms with E-state index in [-0.39, 0.29) is 11.6 Å². The number of carbonyl (C=O) groups is 2. The predicted octanol–water partition coefficient (Wildman–Crippen LogP) is 0.138. The highest BCUT2D eigenvalue weighted by atomic mass is 32.2. The Morgan fingerprint density at radius 3 is 3.00 bits per heavy atom. The normalized spacial score (nSPS) is 20.5. The Morgan fingerprint density at radius 2 is 2.40 bits per heavy atom. The average molecular weight is 245 g/mol. The lowest BCUT2D eigenvalue weighted by molar-refractivity contribution is -0.140. The lowest BCUT2D eigenvalue weighted by atomic mass is 10.3. The molecule has 0 radical (unpaired) electrons. The molecule has 15 heavy (non-hydrogen) atoms. The summed E-state index contributed by atoms with van der Waals surface area (Å²) in [5, 5.41) is 8.89. The fraction of sp³-hybridized carbons (Fsp3) is 0.429. The van der Waals surface area contributed by atoms with Crippen molar-refractivity contribution < 1.29 is 14.7 Å².